The maximum absolute atomic E-state index is 13.2. The molecule has 0 aliphatic carbocycles. The van der Waals surface area contributed by atoms with E-state index in [0.29, 0.717) is 43.3 Å². The molecule has 3 aromatic heterocycles. The van der Waals surface area contributed by atoms with Gasteiger partial charge in [-0.1, -0.05) is 6.07 Å². The third-order valence-electron chi connectivity index (χ3n) is 4.66. The Balaban J connectivity index is 1.72. The summed E-state index contributed by atoms with van der Waals surface area (Å²) in [7, 11) is 0. The van der Waals surface area contributed by atoms with Gasteiger partial charge in [0.05, 0.1) is 25.3 Å². The number of hydrogen-bond donors (Lipinski definition) is 1. The molecule has 1 fully saturated rings. The Morgan fingerprint density at radius 1 is 1.29 bits per heavy atom. The molecular weight excluding hydrogens is 394 g/mol. The highest BCUT2D eigenvalue weighted by Crippen LogP contribution is 2.38. The standard InChI is InChI=1S/C20H21N3O3S2/c1-12-10-13(2)21-19-16(12)17(22-15(24)11-14-4-3-9-27-14)18(28-19)20(25)23-5-7-26-8-6-23/h3-4,9-10H,5-8,11H2,1-2H3,(H,22,24). The Labute approximate surface area is 171 Å². The van der Waals surface area contributed by atoms with Crippen molar-refractivity contribution in [3.05, 3.63) is 44.6 Å². The molecule has 2 amide bonds. The number of amides is 2. The van der Waals surface area contributed by atoms with Gasteiger partial charge in [-0.25, -0.2) is 4.98 Å². The molecule has 6 nitrogen and oxygen atoms in total. The Kier molecular flexibility index (Phi) is 5.43. The molecule has 3 aromatic rings. The summed E-state index contributed by atoms with van der Waals surface area (Å²) in [4.78, 5) is 34.6. The van der Waals surface area contributed by atoms with Gasteiger partial charge in [-0.2, -0.15) is 0 Å². The molecule has 0 radical (unpaired) electrons. The number of carbonyl (C=O) groups excluding carboxylic acids is 2. The van der Waals surface area contributed by atoms with Gasteiger partial charge in [-0.05, 0) is 36.9 Å². The number of rotatable bonds is 4. The van der Waals surface area contributed by atoms with Gasteiger partial charge in [0.15, 0.2) is 0 Å². The van der Waals surface area contributed by atoms with Crippen LogP contribution in [0.4, 0.5) is 5.69 Å². The number of fused-ring (bicyclic) bond motifs is 1. The third kappa shape index (κ3) is 3.80. The summed E-state index contributed by atoms with van der Waals surface area (Å²) in [6, 6.07) is 5.84. The van der Waals surface area contributed by atoms with Crippen LogP contribution < -0.4 is 5.32 Å². The molecule has 4 heterocycles. The molecule has 0 spiro atoms. The monoisotopic (exact) mass is 415 g/mol. The van der Waals surface area contributed by atoms with E-state index >= 15 is 0 Å². The average molecular weight is 416 g/mol. The van der Waals surface area contributed by atoms with Crippen LogP contribution in [0.5, 0.6) is 0 Å². The molecule has 146 valence electrons. The Hall–Kier alpha value is -2.29. The SMILES string of the molecule is Cc1cc(C)c2c(NC(=O)Cc3cccs3)c(C(=O)N3CCOCC3)sc2n1. The van der Waals surface area contributed by atoms with Gasteiger partial charge in [0.1, 0.15) is 9.71 Å². The highest BCUT2D eigenvalue weighted by Gasteiger charge is 2.27. The van der Waals surface area contributed by atoms with Crippen molar-refractivity contribution in [2.75, 3.05) is 31.6 Å². The molecule has 1 saturated heterocycles. The van der Waals surface area contributed by atoms with E-state index in [0.717, 1.165) is 26.4 Å². The summed E-state index contributed by atoms with van der Waals surface area (Å²) in [5.41, 5.74) is 2.49. The van der Waals surface area contributed by atoms with Crippen LogP contribution in [0.25, 0.3) is 10.2 Å². The lowest BCUT2D eigenvalue weighted by molar-refractivity contribution is -0.115. The van der Waals surface area contributed by atoms with Gasteiger partial charge in [0, 0.05) is 29.0 Å². The summed E-state index contributed by atoms with van der Waals surface area (Å²) in [5.74, 6) is -0.201. The number of carbonyl (C=O) groups is 2. The second-order valence-electron chi connectivity index (χ2n) is 6.78. The quantitative estimate of drug-likeness (QED) is 0.706. The summed E-state index contributed by atoms with van der Waals surface area (Å²) < 4.78 is 5.36. The number of nitrogens with one attached hydrogen (secondary N) is 1. The maximum atomic E-state index is 13.2. The van der Waals surface area contributed by atoms with Crippen molar-refractivity contribution in [1.29, 1.82) is 0 Å². The van der Waals surface area contributed by atoms with Gasteiger partial charge < -0.3 is 15.0 Å². The molecule has 0 unspecified atom stereocenters. The van der Waals surface area contributed by atoms with Crippen LogP contribution in [0.15, 0.2) is 23.6 Å². The first kappa shape index (κ1) is 19.0. The fraction of sp³-hybridized carbons (Fsp3) is 0.350. The number of thiophene rings is 2. The van der Waals surface area contributed by atoms with Crippen LogP contribution in [0, 0.1) is 13.8 Å². The van der Waals surface area contributed by atoms with Crippen LogP contribution in [-0.4, -0.2) is 48.0 Å². The first-order valence-electron chi connectivity index (χ1n) is 9.13. The lowest BCUT2D eigenvalue weighted by atomic mass is 10.1. The van der Waals surface area contributed by atoms with Gasteiger partial charge in [0.25, 0.3) is 5.91 Å². The van der Waals surface area contributed by atoms with E-state index in [1.54, 1.807) is 16.2 Å². The largest absolute Gasteiger partial charge is 0.378 e. The smallest absolute Gasteiger partial charge is 0.266 e. The molecule has 1 aliphatic rings. The van der Waals surface area contributed by atoms with E-state index < -0.39 is 0 Å². The van der Waals surface area contributed by atoms with Gasteiger partial charge in [-0.3, -0.25) is 9.59 Å². The number of aryl methyl sites for hydroxylation is 2. The van der Waals surface area contributed by atoms with Crippen molar-refractivity contribution < 1.29 is 14.3 Å². The highest BCUT2D eigenvalue weighted by molar-refractivity contribution is 7.21. The molecule has 4 rings (SSSR count). The highest BCUT2D eigenvalue weighted by atomic mass is 32.1. The zero-order chi connectivity index (χ0) is 19.7. The van der Waals surface area contributed by atoms with Crippen LogP contribution in [-0.2, 0) is 16.0 Å². The molecule has 0 bridgehead atoms. The minimum Gasteiger partial charge on any atom is -0.378 e. The molecule has 1 aliphatic heterocycles. The maximum Gasteiger partial charge on any atom is 0.266 e. The first-order valence-corrected chi connectivity index (χ1v) is 10.8. The minimum atomic E-state index is -0.127. The van der Waals surface area contributed by atoms with Crippen LogP contribution in [0.1, 0.15) is 25.8 Å². The second-order valence-corrected chi connectivity index (χ2v) is 8.81. The van der Waals surface area contributed by atoms with Crippen molar-refractivity contribution in [2.45, 2.75) is 20.3 Å². The van der Waals surface area contributed by atoms with E-state index in [1.807, 2.05) is 37.4 Å². The average Bonchev–Trinajstić information content (AvgIpc) is 3.30. The number of anilines is 1. The molecular formula is C20H21N3O3S2. The Morgan fingerprint density at radius 3 is 2.79 bits per heavy atom. The van der Waals surface area contributed by atoms with E-state index in [4.69, 9.17) is 4.74 Å². The fourth-order valence-electron chi connectivity index (χ4n) is 3.38. The molecule has 28 heavy (non-hydrogen) atoms. The number of pyridine rings is 1. The second kappa shape index (κ2) is 7.98. The van der Waals surface area contributed by atoms with E-state index in [-0.39, 0.29) is 11.8 Å². The predicted molar refractivity (Wildman–Crippen MR) is 112 cm³/mol. The van der Waals surface area contributed by atoms with Crippen molar-refractivity contribution in [3.63, 3.8) is 0 Å². The summed E-state index contributed by atoms with van der Waals surface area (Å²) in [6.45, 7) is 6.11. The minimum absolute atomic E-state index is 0.0743. The van der Waals surface area contributed by atoms with Gasteiger partial charge >= 0.3 is 0 Å². The van der Waals surface area contributed by atoms with E-state index in [1.165, 1.54) is 11.3 Å². The number of ether oxygens (including phenoxy) is 1. The summed E-state index contributed by atoms with van der Waals surface area (Å²) >= 11 is 2.89. The topological polar surface area (TPSA) is 71.5 Å². The van der Waals surface area contributed by atoms with Crippen molar-refractivity contribution in [2.24, 2.45) is 0 Å². The Bertz CT molecular complexity index is 1020. The Morgan fingerprint density at radius 2 is 2.07 bits per heavy atom. The van der Waals surface area contributed by atoms with E-state index in [2.05, 4.69) is 10.3 Å². The number of nitrogens with zero attached hydrogens (tertiary/aromatic N) is 2. The van der Waals surface area contributed by atoms with Crippen LogP contribution >= 0.6 is 22.7 Å². The summed E-state index contributed by atoms with van der Waals surface area (Å²) in [6.07, 6.45) is 0.290. The van der Waals surface area contributed by atoms with Gasteiger partial charge in [-0.15, -0.1) is 22.7 Å². The molecule has 1 N–H and O–H groups in total. The fourth-order valence-corrected chi connectivity index (χ4v) is 5.30. The first-order chi connectivity index (χ1) is 13.5. The van der Waals surface area contributed by atoms with E-state index in [9.17, 15) is 9.59 Å². The number of morpholine rings is 1. The zero-order valence-corrected chi connectivity index (χ0v) is 17.4. The molecule has 0 saturated carbocycles. The molecule has 8 heteroatoms. The molecule has 0 atom stereocenters. The zero-order valence-electron chi connectivity index (χ0n) is 15.8. The van der Waals surface area contributed by atoms with Crippen molar-refractivity contribution in [3.8, 4) is 0 Å². The lowest BCUT2D eigenvalue weighted by Gasteiger charge is -2.26. The van der Waals surface area contributed by atoms with Crippen LogP contribution in [0.3, 0.4) is 0 Å². The van der Waals surface area contributed by atoms with Crippen LogP contribution in [0.2, 0.25) is 0 Å². The lowest BCUT2D eigenvalue weighted by Crippen LogP contribution is -2.40. The van der Waals surface area contributed by atoms with Crippen molar-refractivity contribution in [1.82, 2.24) is 9.88 Å². The molecule has 0 aromatic carbocycles. The van der Waals surface area contributed by atoms with Crippen molar-refractivity contribution >= 4 is 50.4 Å². The normalized spacial score (nSPS) is 14.4. The van der Waals surface area contributed by atoms with Gasteiger partial charge in [0.2, 0.25) is 5.91 Å². The third-order valence-corrected chi connectivity index (χ3v) is 6.61. The summed E-state index contributed by atoms with van der Waals surface area (Å²) in [5, 5.41) is 5.82. The number of hydrogen-bond acceptors (Lipinski definition) is 6. The predicted octanol–water partition coefficient (Wildman–Crippen LogP) is 3.63. The number of aromatic nitrogens is 1.